The number of thiazole rings is 1. The highest BCUT2D eigenvalue weighted by molar-refractivity contribution is 7.92. The molecule has 0 spiro atoms. The van der Waals surface area contributed by atoms with Gasteiger partial charge in [-0.2, -0.15) is 0 Å². The predicted octanol–water partition coefficient (Wildman–Crippen LogP) is 4.21. The lowest BCUT2D eigenvalue weighted by atomic mass is 10.1. The van der Waals surface area contributed by atoms with E-state index in [1.54, 1.807) is 46.7 Å². The molecule has 7 nitrogen and oxygen atoms in total. The van der Waals surface area contributed by atoms with Crippen LogP contribution in [0.1, 0.15) is 10.4 Å². The summed E-state index contributed by atoms with van der Waals surface area (Å²) in [4.78, 5) is 21.1. The van der Waals surface area contributed by atoms with Crippen LogP contribution in [0, 0.1) is 0 Å². The molecule has 1 aliphatic rings. The van der Waals surface area contributed by atoms with Crippen LogP contribution >= 0.6 is 34.5 Å². The van der Waals surface area contributed by atoms with E-state index in [0.717, 1.165) is 18.2 Å². The van der Waals surface area contributed by atoms with Gasteiger partial charge in [-0.25, -0.2) is 13.4 Å². The molecular formula is C20H18Cl2N4O3S2. The van der Waals surface area contributed by atoms with E-state index in [1.165, 1.54) is 18.2 Å². The monoisotopic (exact) mass is 496 g/mol. The summed E-state index contributed by atoms with van der Waals surface area (Å²) in [5.41, 5.74) is 0.844. The number of piperazine rings is 1. The van der Waals surface area contributed by atoms with Crippen LogP contribution in [-0.4, -0.2) is 50.4 Å². The number of nitrogens with zero attached hydrogens (tertiary/aromatic N) is 3. The minimum atomic E-state index is -3.83. The minimum absolute atomic E-state index is 0.000143. The number of hydrogen-bond acceptors (Lipinski definition) is 6. The Morgan fingerprint density at radius 1 is 1.00 bits per heavy atom. The number of carbonyl (C=O) groups excluding carboxylic acids is 1. The van der Waals surface area contributed by atoms with Gasteiger partial charge in [0.05, 0.1) is 14.9 Å². The molecule has 0 saturated carbocycles. The highest BCUT2D eigenvalue weighted by Gasteiger charge is 2.23. The second-order valence-electron chi connectivity index (χ2n) is 6.85. The van der Waals surface area contributed by atoms with Crippen LogP contribution < -0.4 is 9.62 Å². The molecule has 1 aliphatic heterocycles. The third kappa shape index (κ3) is 4.95. The second kappa shape index (κ2) is 9.04. The van der Waals surface area contributed by atoms with Gasteiger partial charge in [-0.05, 0) is 42.5 Å². The van der Waals surface area contributed by atoms with Gasteiger partial charge in [0.1, 0.15) is 0 Å². The Morgan fingerprint density at radius 2 is 1.71 bits per heavy atom. The molecule has 11 heteroatoms. The molecular weight excluding hydrogens is 479 g/mol. The predicted molar refractivity (Wildman–Crippen MR) is 124 cm³/mol. The maximum absolute atomic E-state index is 12.8. The first-order valence-electron chi connectivity index (χ1n) is 9.35. The second-order valence-corrected chi connectivity index (χ2v) is 10.2. The summed E-state index contributed by atoms with van der Waals surface area (Å²) in [6, 6.07) is 10.4. The van der Waals surface area contributed by atoms with Crippen molar-refractivity contribution in [3.05, 3.63) is 69.7 Å². The number of sulfonamides is 1. The number of anilines is 2. The summed E-state index contributed by atoms with van der Waals surface area (Å²) in [5.74, 6) is -0.0855. The molecule has 1 N–H and O–H groups in total. The van der Waals surface area contributed by atoms with Crippen LogP contribution in [0.25, 0.3) is 0 Å². The van der Waals surface area contributed by atoms with E-state index in [2.05, 4.69) is 14.6 Å². The zero-order chi connectivity index (χ0) is 22.0. The van der Waals surface area contributed by atoms with E-state index in [1.807, 2.05) is 5.38 Å². The number of carbonyl (C=O) groups is 1. The first-order chi connectivity index (χ1) is 14.8. The molecule has 3 aromatic rings. The molecule has 0 radical (unpaired) electrons. The molecule has 0 atom stereocenters. The van der Waals surface area contributed by atoms with Gasteiger partial charge in [-0.3, -0.25) is 9.52 Å². The zero-order valence-corrected chi connectivity index (χ0v) is 19.3. The van der Waals surface area contributed by atoms with Gasteiger partial charge in [0.2, 0.25) is 0 Å². The van der Waals surface area contributed by atoms with Gasteiger partial charge in [0, 0.05) is 49.0 Å². The molecule has 2 heterocycles. The molecule has 0 aliphatic carbocycles. The summed E-state index contributed by atoms with van der Waals surface area (Å²) < 4.78 is 27.6. The van der Waals surface area contributed by atoms with Gasteiger partial charge in [-0.15, -0.1) is 11.3 Å². The van der Waals surface area contributed by atoms with Crippen molar-refractivity contribution in [2.75, 3.05) is 35.8 Å². The molecule has 1 fully saturated rings. The Morgan fingerprint density at radius 3 is 2.32 bits per heavy atom. The number of nitrogens with one attached hydrogen (secondary N) is 1. The Bertz CT molecular complexity index is 1180. The van der Waals surface area contributed by atoms with Crippen molar-refractivity contribution in [1.29, 1.82) is 0 Å². The van der Waals surface area contributed by atoms with Crippen molar-refractivity contribution >= 4 is 61.3 Å². The number of aromatic nitrogens is 1. The fraction of sp³-hybridized carbons (Fsp3) is 0.200. The van der Waals surface area contributed by atoms with Crippen molar-refractivity contribution in [1.82, 2.24) is 9.88 Å². The summed E-state index contributed by atoms with van der Waals surface area (Å²) >= 11 is 13.3. The molecule has 1 aromatic heterocycles. The average molecular weight is 497 g/mol. The zero-order valence-electron chi connectivity index (χ0n) is 16.2. The molecule has 162 valence electrons. The Balaban J connectivity index is 1.40. The van der Waals surface area contributed by atoms with Crippen LogP contribution in [0.4, 0.5) is 10.8 Å². The smallest absolute Gasteiger partial charge is 0.261 e. The molecule has 0 unspecified atom stereocenters. The lowest BCUT2D eigenvalue weighted by molar-refractivity contribution is 0.0747. The third-order valence-electron chi connectivity index (χ3n) is 4.84. The lowest BCUT2D eigenvalue weighted by Crippen LogP contribution is -2.48. The molecule has 4 rings (SSSR count). The average Bonchev–Trinajstić information content (AvgIpc) is 3.30. The van der Waals surface area contributed by atoms with Crippen LogP contribution in [0.15, 0.2) is 58.9 Å². The highest BCUT2D eigenvalue weighted by atomic mass is 35.5. The molecule has 2 aromatic carbocycles. The highest BCUT2D eigenvalue weighted by Crippen LogP contribution is 2.26. The van der Waals surface area contributed by atoms with E-state index in [9.17, 15) is 13.2 Å². The Hall–Kier alpha value is -2.33. The summed E-state index contributed by atoms with van der Waals surface area (Å²) in [5, 5.41) is 3.33. The Kier molecular flexibility index (Phi) is 6.38. The van der Waals surface area contributed by atoms with E-state index in [-0.39, 0.29) is 20.8 Å². The fourth-order valence-electron chi connectivity index (χ4n) is 3.19. The van der Waals surface area contributed by atoms with Crippen LogP contribution in [0.5, 0.6) is 0 Å². The summed E-state index contributed by atoms with van der Waals surface area (Å²) in [7, 11) is -3.83. The van der Waals surface area contributed by atoms with E-state index in [4.69, 9.17) is 23.2 Å². The first kappa shape index (κ1) is 21.9. The van der Waals surface area contributed by atoms with Crippen molar-refractivity contribution in [2.24, 2.45) is 0 Å². The topological polar surface area (TPSA) is 82.6 Å². The van der Waals surface area contributed by atoms with E-state index >= 15 is 0 Å². The van der Waals surface area contributed by atoms with Gasteiger partial charge in [0.15, 0.2) is 5.13 Å². The van der Waals surface area contributed by atoms with Crippen molar-refractivity contribution in [3.63, 3.8) is 0 Å². The number of halogens is 2. The number of rotatable bonds is 5. The molecule has 1 amide bonds. The largest absolute Gasteiger partial charge is 0.345 e. The fourth-order valence-corrected chi connectivity index (χ4v) is 5.34. The quantitative estimate of drug-likeness (QED) is 0.571. The maximum Gasteiger partial charge on any atom is 0.261 e. The van der Waals surface area contributed by atoms with Gasteiger partial charge in [0.25, 0.3) is 15.9 Å². The summed E-state index contributed by atoms with van der Waals surface area (Å²) in [6.45, 7) is 2.65. The lowest BCUT2D eigenvalue weighted by Gasteiger charge is -2.34. The number of benzene rings is 2. The van der Waals surface area contributed by atoms with E-state index < -0.39 is 10.0 Å². The Labute approximate surface area is 194 Å². The normalized spacial score (nSPS) is 14.5. The van der Waals surface area contributed by atoms with Gasteiger partial charge < -0.3 is 9.80 Å². The van der Waals surface area contributed by atoms with Crippen molar-refractivity contribution in [3.8, 4) is 0 Å². The first-order valence-corrected chi connectivity index (χ1v) is 12.5. The standard InChI is InChI=1S/C20H18Cl2N4O3S2/c21-17-6-5-16(13-18(17)22)31(28,29)24-15-3-1-14(2-4-15)19(27)25-8-10-26(11-9-25)20-23-7-12-30-20/h1-7,12-13,24H,8-11H2. The molecule has 31 heavy (non-hydrogen) atoms. The van der Waals surface area contributed by atoms with Crippen molar-refractivity contribution < 1.29 is 13.2 Å². The third-order valence-corrected chi connectivity index (χ3v) is 7.79. The number of amides is 1. The molecule has 0 bridgehead atoms. The maximum atomic E-state index is 12.8. The van der Waals surface area contributed by atoms with Crippen LogP contribution in [0.2, 0.25) is 10.0 Å². The minimum Gasteiger partial charge on any atom is -0.345 e. The van der Waals surface area contributed by atoms with Crippen molar-refractivity contribution in [2.45, 2.75) is 4.90 Å². The number of hydrogen-bond donors (Lipinski definition) is 1. The van der Waals surface area contributed by atoms with Gasteiger partial charge >= 0.3 is 0 Å². The SMILES string of the molecule is O=C(c1ccc(NS(=O)(=O)c2ccc(Cl)c(Cl)c2)cc1)N1CCN(c2nccs2)CC1. The van der Waals surface area contributed by atoms with Gasteiger partial charge in [-0.1, -0.05) is 23.2 Å². The van der Waals surface area contributed by atoms with Crippen LogP contribution in [-0.2, 0) is 10.0 Å². The summed E-state index contributed by atoms with van der Waals surface area (Å²) in [6.07, 6.45) is 1.77. The van der Waals surface area contributed by atoms with Crippen LogP contribution in [0.3, 0.4) is 0 Å². The van der Waals surface area contributed by atoms with E-state index in [0.29, 0.717) is 24.3 Å². The molecule has 1 saturated heterocycles.